The van der Waals surface area contributed by atoms with Gasteiger partial charge in [0.05, 0.1) is 6.42 Å². The molecule has 102 valence electrons. The maximum atomic E-state index is 12.1. The zero-order chi connectivity index (χ0) is 14.0. The van der Waals surface area contributed by atoms with E-state index in [1.54, 1.807) is 13.0 Å². The van der Waals surface area contributed by atoms with Crippen LogP contribution >= 0.6 is 0 Å². The van der Waals surface area contributed by atoms with Crippen LogP contribution in [0.5, 0.6) is 5.75 Å². The van der Waals surface area contributed by atoms with Crippen LogP contribution in [0.2, 0.25) is 0 Å². The molecule has 0 spiro atoms. The number of rotatable bonds is 5. The molecule has 19 heavy (non-hydrogen) atoms. The summed E-state index contributed by atoms with van der Waals surface area (Å²) in [4.78, 5) is 22.9. The van der Waals surface area contributed by atoms with Gasteiger partial charge in [-0.2, -0.15) is 0 Å². The molecule has 0 bridgehead atoms. The first-order valence-electron chi connectivity index (χ1n) is 6.29. The van der Waals surface area contributed by atoms with Crippen molar-refractivity contribution >= 4 is 11.9 Å². The van der Waals surface area contributed by atoms with E-state index >= 15 is 0 Å². The molecule has 0 aromatic heterocycles. The third kappa shape index (κ3) is 3.47. The average molecular weight is 263 g/mol. The third-order valence-electron chi connectivity index (χ3n) is 3.36. The molecule has 3 N–H and O–H groups in total. The van der Waals surface area contributed by atoms with Crippen molar-refractivity contribution in [1.82, 2.24) is 5.32 Å². The van der Waals surface area contributed by atoms with Crippen LogP contribution in [-0.4, -0.2) is 28.1 Å². The first-order valence-corrected chi connectivity index (χ1v) is 6.29. The van der Waals surface area contributed by atoms with E-state index < -0.39 is 5.97 Å². The van der Waals surface area contributed by atoms with E-state index in [0.29, 0.717) is 11.1 Å². The summed E-state index contributed by atoms with van der Waals surface area (Å²) >= 11 is 0. The number of amides is 1. The van der Waals surface area contributed by atoms with E-state index in [-0.39, 0.29) is 30.0 Å². The molecule has 1 saturated carbocycles. The Hall–Kier alpha value is -2.04. The van der Waals surface area contributed by atoms with Crippen LogP contribution < -0.4 is 5.32 Å². The molecule has 0 saturated heterocycles. The SMILES string of the molecule is Cc1cc(O)ccc1C(=O)NC(CC(=O)O)C1CC1. The Morgan fingerprint density at radius 1 is 1.42 bits per heavy atom. The van der Waals surface area contributed by atoms with Crippen LogP contribution in [0.15, 0.2) is 18.2 Å². The molecule has 1 aromatic rings. The average Bonchev–Trinajstić information content (AvgIpc) is 3.10. The van der Waals surface area contributed by atoms with Gasteiger partial charge in [0, 0.05) is 11.6 Å². The normalized spacial score (nSPS) is 15.8. The van der Waals surface area contributed by atoms with E-state index in [2.05, 4.69) is 5.32 Å². The van der Waals surface area contributed by atoms with Crippen molar-refractivity contribution < 1.29 is 19.8 Å². The first kappa shape index (κ1) is 13.4. The van der Waals surface area contributed by atoms with Crippen LogP contribution in [0, 0.1) is 12.8 Å². The van der Waals surface area contributed by atoms with Gasteiger partial charge in [-0.1, -0.05) is 0 Å². The van der Waals surface area contributed by atoms with Crippen molar-refractivity contribution in [3.05, 3.63) is 29.3 Å². The minimum atomic E-state index is -0.903. The summed E-state index contributed by atoms with van der Waals surface area (Å²) in [5.41, 5.74) is 1.14. The Morgan fingerprint density at radius 2 is 2.11 bits per heavy atom. The molecule has 0 radical (unpaired) electrons. The van der Waals surface area contributed by atoms with Crippen molar-refractivity contribution in [3.63, 3.8) is 0 Å². The Balaban J connectivity index is 2.08. The Labute approximate surface area is 111 Å². The van der Waals surface area contributed by atoms with Gasteiger partial charge in [-0.3, -0.25) is 9.59 Å². The van der Waals surface area contributed by atoms with Crippen molar-refractivity contribution in [2.75, 3.05) is 0 Å². The fraction of sp³-hybridized carbons (Fsp3) is 0.429. The second-order valence-corrected chi connectivity index (χ2v) is 5.01. The van der Waals surface area contributed by atoms with Crippen LogP contribution in [0.1, 0.15) is 35.2 Å². The van der Waals surface area contributed by atoms with E-state index in [4.69, 9.17) is 5.11 Å². The van der Waals surface area contributed by atoms with Gasteiger partial charge in [0.25, 0.3) is 5.91 Å². The number of carboxylic acid groups (broad SMARTS) is 1. The molecule has 1 amide bonds. The number of hydrogen-bond acceptors (Lipinski definition) is 3. The van der Waals surface area contributed by atoms with Crippen LogP contribution in [0.25, 0.3) is 0 Å². The number of carbonyl (C=O) groups excluding carboxylic acids is 1. The summed E-state index contributed by atoms with van der Waals surface area (Å²) < 4.78 is 0. The van der Waals surface area contributed by atoms with Crippen molar-refractivity contribution in [2.24, 2.45) is 5.92 Å². The molecule has 1 aliphatic rings. The predicted molar refractivity (Wildman–Crippen MR) is 69.1 cm³/mol. The van der Waals surface area contributed by atoms with E-state index in [0.717, 1.165) is 12.8 Å². The molecule has 1 aliphatic carbocycles. The Bertz CT molecular complexity index is 508. The molecule has 2 rings (SSSR count). The quantitative estimate of drug-likeness (QED) is 0.754. The van der Waals surface area contributed by atoms with Gasteiger partial charge in [0.2, 0.25) is 0 Å². The predicted octanol–water partition coefficient (Wildman–Crippen LogP) is 1.68. The second-order valence-electron chi connectivity index (χ2n) is 5.01. The fourth-order valence-electron chi connectivity index (χ4n) is 2.17. The van der Waals surface area contributed by atoms with Gasteiger partial charge in [0.1, 0.15) is 5.75 Å². The van der Waals surface area contributed by atoms with Crippen LogP contribution in [-0.2, 0) is 4.79 Å². The van der Waals surface area contributed by atoms with Gasteiger partial charge in [-0.25, -0.2) is 0 Å². The molecule has 1 atom stereocenters. The lowest BCUT2D eigenvalue weighted by Gasteiger charge is -2.17. The minimum Gasteiger partial charge on any atom is -0.508 e. The maximum absolute atomic E-state index is 12.1. The number of benzene rings is 1. The number of aliphatic carboxylic acids is 1. The lowest BCUT2D eigenvalue weighted by molar-refractivity contribution is -0.137. The molecule has 0 aliphatic heterocycles. The number of aromatic hydroxyl groups is 1. The van der Waals surface area contributed by atoms with Gasteiger partial charge in [0.15, 0.2) is 0 Å². The summed E-state index contributed by atoms with van der Waals surface area (Å²) in [6.07, 6.45) is 1.88. The number of phenolic OH excluding ortho intramolecular Hbond substituents is 1. The number of carboxylic acids is 1. The van der Waals surface area contributed by atoms with Crippen LogP contribution in [0.4, 0.5) is 0 Å². The summed E-state index contributed by atoms with van der Waals surface area (Å²) in [6, 6.07) is 4.20. The Kier molecular flexibility index (Phi) is 3.74. The maximum Gasteiger partial charge on any atom is 0.305 e. The first-order chi connectivity index (χ1) is 8.97. The number of nitrogens with one attached hydrogen (secondary N) is 1. The van der Waals surface area contributed by atoms with Gasteiger partial charge in [-0.15, -0.1) is 0 Å². The molecule has 1 aromatic carbocycles. The molecule has 1 fully saturated rings. The lowest BCUT2D eigenvalue weighted by atomic mass is 10.1. The van der Waals surface area contributed by atoms with Crippen molar-refractivity contribution in [1.29, 1.82) is 0 Å². The van der Waals surface area contributed by atoms with Crippen molar-refractivity contribution in [2.45, 2.75) is 32.2 Å². The highest BCUT2D eigenvalue weighted by Gasteiger charge is 2.34. The van der Waals surface area contributed by atoms with Gasteiger partial charge >= 0.3 is 5.97 Å². The highest BCUT2D eigenvalue weighted by molar-refractivity contribution is 5.96. The molecular weight excluding hydrogens is 246 g/mol. The molecule has 5 heteroatoms. The van der Waals surface area contributed by atoms with Gasteiger partial charge in [-0.05, 0) is 49.4 Å². The van der Waals surface area contributed by atoms with Crippen LogP contribution in [0.3, 0.4) is 0 Å². The summed E-state index contributed by atoms with van der Waals surface area (Å²) in [5.74, 6) is -0.800. The smallest absolute Gasteiger partial charge is 0.305 e. The molecule has 1 unspecified atom stereocenters. The van der Waals surface area contributed by atoms with E-state index in [9.17, 15) is 14.7 Å². The number of aryl methyl sites for hydroxylation is 1. The highest BCUT2D eigenvalue weighted by Crippen LogP contribution is 2.34. The summed E-state index contributed by atoms with van der Waals surface area (Å²) in [5, 5.41) is 20.9. The minimum absolute atomic E-state index is 0.0481. The highest BCUT2D eigenvalue weighted by atomic mass is 16.4. The zero-order valence-electron chi connectivity index (χ0n) is 10.7. The summed E-state index contributed by atoms with van der Waals surface area (Å²) in [7, 11) is 0. The molecule has 0 heterocycles. The van der Waals surface area contributed by atoms with Crippen molar-refractivity contribution in [3.8, 4) is 5.75 Å². The van der Waals surface area contributed by atoms with E-state index in [1.165, 1.54) is 12.1 Å². The number of carbonyl (C=O) groups is 2. The second kappa shape index (κ2) is 5.30. The largest absolute Gasteiger partial charge is 0.508 e. The standard InChI is InChI=1S/C14H17NO4/c1-8-6-10(16)4-5-11(8)14(19)15-12(7-13(17)18)9-2-3-9/h4-6,9,12,16H,2-3,7H2,1H3,(H,15,19)(H,17,18). The molecule has 5 nitrogen and oxygen atoms in total. The Morgan fingerprint density at radius 3 is 2.63 bits per heavy atom. The topological polar surface area (TPSA) is 86.6 Å². The number of phenols is 1. The number of hydrogen-bond donors (Lipinski definition) is 3. The zero-order valence-corrected chi connectivity index (χ0v) is 10.7. The van der Waals surface area contributed by atoms with Gasteiger partial charge < -0.3 is 15.5 Å². The summed E-state index contributed by atoms with van der Waals surface area (Å²) in [6.45, 7) is 1.73. The molecular formula is C14H17NO4. The lowest BCUT2D eigenvalue weighted by Crippen LogP contribution is -2.38. The third-order valence-corrected chi connectivity index (χ3v) is 3.36. The monoisotopic (exact) mass is 263 g/mol. The van der Waals surface area contributed by atoms with E-state index in [1.807, 2.05) is 0 Å². The fourth-order valence-corrected chi connectivity index (χ4v) is 2.17.